The zero-order chi connectivity index (χ0) is 11.8. The average molecular weight is 250 g/mol. The fourth-order valence-electron chi connectivity index (χ4n) is 2.03. The first-order chi connectivity index (χ1) is 8.29. The van der Waals surface area contributed by atoms with Crippen LogP contribution in [0.25, 0.3) is 10.2 Å². The van der Waals surface area contributed by atoms with Gasteiger partial charge in [-0.2, -0.15) is 4.98 Å². The van der Waals surface area contributed by atoms with Crippen LogP contribution in [0.4, 0.5) is 11.8 Å². The Bertz CT molecular complexity index is 537. The number of anilines is 2. The maximum Gasteiger partial charge on any atom is 0.223 e. The Hall–Kier alpha value is -1.40. The van der Waals surface area contributed by atoms with Crippen molar-refractivity contribution in [3.8, 4) is 0 Å². The van der Waals surface area contributed by atoms with Crippen LogP contribution in [0.3, 0.4) is 0 Å². The van der Waals surface area contributed by atoms with Crippen LogP contribution in [0.2, 0.25) is 0 Å². The molecule has 1 aliphatic rings. The second-order valence-electron chi connectivity index (χ2n) is 4.19. The molecule has 0 amide bonds. The summed E-state index contributed by atoms with van der Waals surface area (Å²) in [5.41, 5.74) is 5.73. The molecule has 1 aliphatic carbocycles. The molecule has 17 heavy (non-hydrogen) atoms. The number of hydrogen-bond acceptors (Lipinski definition) is 6. The largest absolute Gasteiger partial charge is 0.395 e. The van der Waals surface area contributed by atoms with E-state index in [-0.39, 0.29) is 6.61 Å². The molecular weight excluding hydrogens is 236 g/mol. The summed E-state index contributed by atoms with van der Waals surface area (Å²) in [6, 6.07) is 2.51. The highest BCUT2D eigenvalue weighted by Crippen LogP contribution is 2.35. The number of thiophene rings is 1. The molecule has 2 aromatic heterocycles. The molecule has 5 nitrogen and oxygen atoms in total. The summed E-state index contributed by atoms with van der Waals surface area (Å²) in [5.74, 6) is 1.17. The summed E-state index contributed by atoms with van der Waals surface area (Å²) in [7, 11) is 0. The van der Waals surface area contributed by atoms with Crippen molar-refractivity contribution in [3.05, 3.63) is 11.4 Å². The molecule has 0 aromatic carbocycles. The van der Waals surface area contributed by atoms with E-state index >= 15 is 0 Å². The Labute approximate surface area is 103 Å². The van der Waals surface area contributed by atoms with Crippen molar-refractivity contribution in [2.24, 2.45) is 0 Å². The Balaban J connectivity index is 2.09. The molecule has 1 saturated carbocycles. The molecule has 0 unspecified atom stereocenters. The lowest BCUT2D eigenvalue weighted by atomic mass is 10.3. The third-order valence-corrected chi connectivity index (χ3v) is 3.73. The van der Waals surface area contributed by atoms with E-state index in [0.717, 1.165) is 28.9 Å². The van der Waals surface area contributed by atoms with E-state index in [9.17, 15) is 0 Å². The predicted octanol–water partition coefficient (Wildman–Crippen LogP) is 1.23. The quantitative estimate of drug-likeness (QED) is 0.853. The molecule has 0 bridgehead atoms. The Morgan fingerprint density at radius 2 is 2.29 bits per heavy atom. The molecule has 0 spiro atoms. The number of rotatable bonds is 4. The lowest BCUT2D eigenvalue weighted by Gasteiger charge is -2.23. The number of aliphatic hydroxyl groups excluding tert-OH is 1. The summed E-state index contributed by atoms with van der Waals surface area (Å²) >= 11 is 1.56. The topological polar surface area (TPSA) is 75.3 Å². The highest BCUT2D eigenvalue weighted by atomic mass is 32.1. The number of aliphatic hydroxyl groups is 1. The molecular formula is C11H14N4OS. The van der Waals surface area contributed by atoms with Crippen LogP contribution < -0.4 is 10.6 Å². The van der Waals surface area contributed by atoms with Crippen LogP contribution in [-0.2, 0) is 0 Å². The van der Waals surface area contributed by atoms with E-state index in [1.54, 1.807) is 11.3 Å². The zero-order valence-electron chi connectivity index (χ0n) is 9.33. The first-order valence-corrected chi connectivity index (χ1v) is 6.56. The normalized spacial score (nSPS) is 15.4. The highest BCUT2D eigenvalue weighted by molar-refractivity contribution is 7.16. The van der Waals surface area contributed by atoms with Gasteiger partial charge in [-0.25, -0.2) is 4.98 Å². The molecule has 90 valence electrons. The van der Waals surface area contributed by atoms with Crippen molar-refractivity contribution in [2.45, 2.75) is 18.9 Å². The Morgan fingerprint density at radius 3 is 3.00 bits per heavy atom. The second-order valence-corrected chi connectivity index (χ2v) is 5.09. The third-order valence-electron chi connectivity index (χ3n) is 2.92. The standard InChI is InChI=1S/C11H14N4OS/c12-11-13-9(8-3-6-17-10(8)14-11)15(4-5-16)7-1-2-7/h3,6-7,16H,1-2,4-5H2,(H2,12,13,14). The molecule has 0 aliphatic heterocycles. The average Bonchev–Trinajstić information content (AvgIpc) is 3.04. The van der Waals surface area contributed by atoms with E-state index < -0.39 is 0 Å². The summed E-state index contributed by atoms with van der Waals surface area (Å²) in [5, 5.41) is 12.2. The minimum Gasteiger partial charge on any atom is -0.395 e. The summed E-state index contributed by atoms with van der Waals surface area (Å²) < 4.78 is 0. The lowest BCUT2D eigenvalue weighted by Crippen LogP contribution is -2.30. The van der Waals surface area contributed by atoms with Crippen LogP contribution in [0, 0.1) is 0 Å². The van der Waals surface area contributed by atoms with Gasteiger partial charge in [-0.05, 0) is 24.3 Å². The molecule has 0 saturated heterocycles. The number of nitrogens with two attached hydrogens (primary N) is 1. The number of hydrogen-bond donors (Lipinski definition) is 2. The Morgan fingerprint density at radius 1 is 1.47 bits per heavy atom. The second kappa shape index (κ2) is 4.12. The van der Waals surface area contributed by atoms with Crippen molar-refractivity contribution in [1.82, 2.24) is 9.97 Å². The first-order valence-electron chi connectivity index (χ1n) is 5.68. The Kier molecular flexibility index (Phi) is 2.60. The van der Waals surface area contributed by atoms with Gasteiger partial charge < -0.3 is 15.7 Å². The van der Waals surface area contributed by atoms with Crippen LogP contribution in [0.5, 0.6) is 0 Å². The van der Waals surface area contributed by atoms with Gasteiger partial charge in [0.15, 0.2) is 0 Å². The monoisotopic (exact) mass is 250 g/mol. The summed E-state index contributed by atoms with van der Waals surface area (Å²) in [6.45, 7) is 0.734. The van der Waals surface area contributed by atoms with Crippen molar-refractivity contribution >= 4 is 33.3 Å². The van der Waals surface area contributed by atoms with Gasteiger partial charge in [0.1, 0.15) is 10.6 Å². The van der Waals surface area contributed by atoms with Gasteiger partial charge >= 0.3 is 0 Å². The van der Waals surface area contributed by atoms with E-state index in [1.165, 1.54) is 0 Å². The van der Waals surface area contributed by atoms with Gasteiger partial charge in [-0.15, -0.1) is 11.3 Å². The summed E-state index contributed by atoms with van der Waals surface area (Å²) in [6.07, 6.45) is 2.32. The minimum absolute atomic E-state index is 0.131. The minimum atomic E-state index is 0.131. The SMILES string of the molecule is Nc1nc(N(CCO)C2CC2)c2ccsc2n1. The molecule has 0 radical (unpaired) electrons. The van der Waals surface area contributed by atoms with Gasteiger partial charge in [-0.1, -0.05) is 0 Å². The van der Waals surface area contributed by atoms with Crippen molar-refractivity contribution in [3.63, 3.8) is 0 Å². The van der Waals surface area contributed by atoms with Gasteiger partial charge in [0.25, 0.3) is 0 Å². The fraction of sp³-hybridized carbons (Fsp3) is 0.455. The molecule has 3 rings (SSSR count). The smallest absolute Gasteiger partial charge is 0.223 e. The van der Waals surface area contributed by atoms with Gasteiger partial charge in [0, 0.05) is 12.6 Å². The van der Waals surface area contributed by atoms with E-state index in [0.29, 0.717) is 18.5 Å². The first kappa shape index (κ1) is 10.7. The van der Waals surface area contributed by atoms with Crippen molar-refractivity contribution < 1.29 is 5.11 Å². The molecule has 2 heterocycles. The molecule has 6 heteroatoms. The zero-order valence-corrected chi connectivity index (χ0v) is 10.2. The molecule has 3 N–H and O–H groups in total. The van der Waals surface area contributed by atoms with Crippen LogP contribution in [0.15, 0.2) is 11.4 Å². The number of fused-ring (bicyclic) bond motifs is 1. The molecule has 1 fully saturated rings. The number of nitrogens with zero attached hydrogens (tertiary/aromatic N) is 3. The van der Waals surface area contributed by atoms with E-state index in [1.807, 2.05) is 11.4 Å². The maximum atomic E-state index is 9.15. The molecule has 2 aromatic rings. The third kappa shape index (κ3) is 1.94. The van der Waals surface area contributed by atoms with Gasteiger partial charge in [0.05, 0.1) is 12.0 Å². The van der Waals surface area contributed by atoms with E-state index in [2.05, 4.69) is 14.9 Å². The van der Waals surface area contributed by atoms with Gasteiger partial charge in [-0.3, -0.25) is 0 Å². The van der Waals surface area contributed by atoms with Crippen LogP contribution >= 0.6 is 11.3 Å². The number of aromatic nitrogens is 2. The lowest BCUT2D eigenvalue weighted by molar-refractivity contribution is 0.301. The van der Waals surface area contributed by atoms with Crippen molar-refractivity contribution in [2.75, 3.05) is 23.8 Å². The fourth-order valence-corrected chi connectivity index (χ4v) is 2.80. The van der Waals surface area contributed by atoms with Crippen LogP contribution in [0.1, 0.15) is 12.8 Å². The van der Waals surface area contributed by atoms with E-state index in [4.69, 9.17) is 10.8 Å². The van der Waals surface area contributed by atoms with Crippen molar-refractivity contribution in [1.29, 1.82) is 0 Å². The summed E-state index contributed by atoms with van der Waals surface area (Å²) in [4.78, 5) is 11.6. The maximum absolute atomic E-state index is 9.15. The predicted molar refractivity (Wildman–Crippen MR) is 69.3 cm³/mol. The number of nitrogen functional groups attached to an aromatic ring is 1. The molecule has 0 atom stereocenters. The van der Waals surface area contributed by atoms with Crippen LogP contribution in [-0.4, -0.2) is 34.3 Å². The van der Waals surface area contributed by atoms with Gasteiger partial charge in [0.2, 0.25) is 5.95 Å². The highest BCUT2D eigenvalue weighted by Gasteiger charge is 2.31.